The molecule has 1 aromatic carbocycles. The second-order valence-electron chi connectivity index (χ2n) is 5.31. The van der Waals surface area contributed by atoms with Gasteiger partial charge in [-0.1, -0.05) is 0 Å². The summed E-state index contributed by atoms with van der Waals surface area (Å²) in [7, 11) is 0. The van der Waals surface area contributed by atoms with Crippen molar-refractivity contribution in [3.8, 4) is 0 Å². The van der Waals surface area contributed by atoms with Crippen molar-refractivity contribution in [2.24, 2.45) is 5.92 Å². The lowest BCUT2D eigenvalue weighted by molar-refractivity contribution is 0.582. The molecule has 1 N–H and O–H groups in total. The summed E-state index contributed by atoms with van der Waals surface area (Å²) in [4.78, 5) is 2.62. The summed E-state index contributed by atoms with van der Waals surface area (Å²) in [5.41, 5.74) is 2.52. The molecule has 94 valence electrons. The number of hydrogen-bond acceptors (Lipinski definition) is 3. The number of benzene rings is 1. The Morgan fingerprint density at radius 2 is 2.28 bits per heavy atom. The lowest BCUT2D eigenvalue weighted by Gasteiger charge is -2.37. The van der Waals surface area contributed by atoms with Crippen LogP contribution in [-0.4, -0.2) is 34.3 Å². The van der Waals surface area contributed by atoms with Gasteiger partial charge in [0.05, 0.1) is 11.7 Å². The zero-order chi connectivity index (χ0) is 11.9. The molecule has 0 amide bonds. The maximum Gasteiger partial charge on any atom is 0.0670 e. The van der Waals surface area contributed by atoms with E-state index >= 15 is 0 Å². The molecule has 1 aromatic heterocycles. The van der Waals surface area contributed by atoms with Gasteiger partial charge in [-0.05, 0) is 37.0 Å². The van der Waals surface area contributed by atoms with Crippen LogP contribution in [0.2, 0.25) is 0 Å². The van der Waals surface area contributed by atoms with Gasteiger partial charge in [0.1, 0.15) is 0 Å². The van der Waals surface area contributed by atoms with E-state index in [-0.39, 0.29) is 0 Å². The number of nitrogens with one attached hydrogen (secondary N) is 1. The average molecular weight is 259 g/mol. The minimum Gasteiger partial charge on any atom is -0.367 e. The third-order valence-electron chi connectivity index (χ3n) is 4.09. The molecular weight excluding hydrogens is 242 g/mol. The van der Waals surface area contributed by atoms with Gasteiger partial charge < -0.3 is 4.90 Å². The Bertz CT molecular complexity index is 561. The first-order valence-electron chi connectivity index (χ1n) is 6.69. The number of thioether (sulfide) groups is 1. The molecule has 2 aliphatic rings. The number of fused-ring (bicyclic) bond motifs is 1. The van der Waals surface area contributed by atoms with Crippen molar-refractivity contribution in [3.05, 3.63) is 24.4 Å². The molecule has 1 atom stereocenters. The minimum atomic E-state index is 0.754. The third-order valence-corrected chi connectivity index (χ3v) is 5.14. The molecule has 1 aliphatic heterocycles. The Labute approximate surface area is 111 Å². The second kappa shape index (κ2) is 4.19. The van der Waals surface area contributed by atoms with Crippen molar-refractivity contribution in [2.45, 2.75) is 18.9 Å². The SMILES string of the molecule is c1cc2cn[nH]c2cc1N1CCSCC1C1CC1. The van der Waals surface area contributed by atoms with E-state index in [0.717, 1.165) is 17.5 Å². The molecule has 18 heavy (non-hydrogen) atoms. The van der Waals surface area contributed by atoms with E-state index in [1.807, 2.05) is 6.20 Å². The molecule has 2 heterocycles. The molecule has 2 aromatic rings. The summed E-state index contributed by atoms with van der Waals surface area (Å²) < 4.78 is 0. The maximum absolute atomic E-state index is 4.11. The standard InChI is InChI=1S/C14H17N3S/c1-2-10(1)14-9-18-6-5-17(14)12-4-3-11-8-15-16-13(11)7-12/h3-4,7-8,10,14H,1-2,5-6,9H2,(H,15,16). The number of H-pyrrole nitrogens is 1. The van der Waals surface area contributed by atoms with E-state index in [1.165, 1.54) is 42.0 Å². The van der Waals surface area contributed by atoms with Crippen molar-refractivity contribution in [1.82, 2.24) is 10.2 Å². The zero-order valence-corrected chi connectivity index (χ0v) is 11.1. The van der Waals surface area contributed by atoms with Gasteiger partial charge in [0, 0.05) is 35.2 Å². The lowest BCUT2D eigenvalue weighted by atomic mass is 10.1. The van der Waals surface area contributed by atoms with Crippen LogP contribution in [0.1, 0.15) is 12.8 Å². The summed E-state index contributed by atoms with van der Waals surface area (Å²) in [6, 6.07) is 7.45. The van der Waals surface area contributed by atoms with Crippen molar-refractivity contribution in [1.29, 1.82) is 0 Å². The Balaban J connectivity index is 1.70. The number of hydrogen-bond donors (Lipinski definition) is 1. The largest absolute Gasteiger partial charge is 0.367 e. The Morgan fingerprint density at radius 1 is 1.33 bits per heavy atom. The number of anilines is 1. The van der Waals surface area contributed by atoms with Gasteiger partial charge >= 0.3 is 0 Å². The molecule has 3 nitrogen and oxygen atoms in total. The first-order valence-corrected chi connectivity index (χ1v) is 7.85. The van der Waals surface area contributed by atoms with Gasteiger partial charge in [-0.15, -0.1) is 0 Å². The third kappa shape index (κ3) is 1.79. The quantitative estimate of drug-likeness (QED) is 0.900. The van der Waals surface area contributed by atoms with Gasteiger partial charge in [-0.25, -0.2) is 0 Å². The fourth-order valence-corrected chi connectivity index (χ4v) is 4.10. The second-order valence-corrected chi connectivity index (χ2v) is 6.46. The normalized spacial score (nSPS) is 24.7. The van der Waals surface area contributed by atoms with Crippen molar-refractivity contribution in [3.63, 3.8) is 0 Å². The highest BCUT2D eigenvalue weighted by molar-refractivity contribution is 7.99. The smallest absolute Gasteiger partial charge is 0.0670 e. The molecule has 0 bridgehead atoms. The van der Waals surface area contributed by atoms with Crippen molar-refractivity contribution in [2.75, 3.05) is 23.0 Å². The lowest BCUT2D eigenvalue weighted by Crippen LogP contribution is -2.43. The molecule has 1 unspecified atom stereocenters. The summed E-state index contributed by atoms with van der Waals surface area (Å²) in [6.45, 7) is 1.19. The van der Waals surface area contributed by atoms with Gasteiger partial charge in [0.2, 0.25) is 0 Å². The van der Waals surface area contributed by atoms with Crippen LogP contribution in [0.3, 0.4) is 0 Å². The molecule has 1 saturated heterocycles. The van der Waals surface area contributed by atoms with Crippen LogP contribution in [0, 0.1) is 5.92 Å². The van der Waals surface area contributed by atoms with Crippen molar-refractivity contribution < 1.29 is 0 Å². The highest BCUT2D eigenvalue weighted by atomic mass is 32.2. The average Bonchev–Trinajstić information content (AvgIpc) is 3.16. The Hall–Kier alpha value is -1.16. The summed E-state index contributed by atoms with van der Waals surface area (Å²) in [6.07, 6.45) is 4.74. The topological polar surface area (TPSA) is 31.9 Å². The molecular formula is C14H17N3S. The molecule has 2 fully saturated rings. The molecule has 0 spiro atoms. The fourth-order valence-electron chi connectivity index (χ4n) is 2.92. The Kier molecular flexibility index (Phi) is 2.50. The van der Waals surface area contributed by atoms with E-state index in [9.17, 15) is 0 Å². The molecule has 1 saturated carbocycles. The van der Waals surface area contributed by atoms with Crippen LogP contribution in [0.25, 0.3) is 10.9 Å². The van der Waals surface area contributed by atoms with Gasteiger partial charge in [-0.3, -0.25) is 5.10 Å². The summed E-state index contributed by atoms with van der Waals surface area (Å²) >= 11 is 2.11. The van der Waals surface area contributed by atoms with E-state index < -0.39 is 0 Å². The first-order chi connectivity index (χ1) is 8.92. The number of nitrogens with zero attached hydrogens (tertiary/aromatic N) is 2. The molecule has 4 heteroatoms. The van der Waals surface area contributed by atoms with Gasteiger partial charge in [0.15, 0.2) is 0 Å². The monoisotopic (exact) mass is 259 g/mol. The van der Waals surface area contributed by atoms with Crippen molar-refractivity contribution >= 4 is 28.4 Å². The van der Waals surface area contributed by atoms with Crippen LogP contribution in [0.4, 0.5) is 5.69 Å². The van der Waals surface area contributed by atoms with Crippen LogP contribution in [-0.2, 0) is 0 Å². The van der Waals surface area contributed by atoms with E-state index in [0.29, 0.717) is 0 Å². The number of aromatic amines is 1. The van der Waals surface area contributed by atoms with E-state index in [1.54, 1.807) is 0 Å². The molecule has 1 aliphatic carbocycles. The minimum absolute atomic E-state index is 0.754. The fraction of sp³-hybridized carbons (Fsp3) is 0.500. The van der Waals surface area contributed by atoms with E-state index in [2.05, 4.69) is 45.1 Å². The Morgan fingerprint density at radius 3 is 3.17 bits per heavy atom. The highest BCUT2D eigenvalue weighted by Gasteiger charge is 2.36. The van der Waals surface area contributed by atoms with Crippen LogP contribution >= 0.6 is 11.8 Å². The predicted octanol–water partition coefficient (Wildman–Crippen LogP) is 2.89. The summed E-state index contributed by atoms with van der Waals surface area (Å²) in [5, 5.41) is 8.39. The molecule has 4 rings (SSSR count). The van der Waals surface area contributed by atoms with Crippen LogP contribution in [0.5, 0.6) is 0 Å². The molecule has 0 radical (unpaired) electrons. The number of rotatable bonds is 2. The van der Waals surface area contributed by atoms with Gasteiger partial charge in [-0.2, -0.15) is 16.9 Å². The predicted molar refractivity (Wildman–Crippen MR) is 77.3 cm³/mol. The maximum atomic E-state index is 4.11. The van der Waals surface area contributed by atoms with E-state index in [4.69, 9.17) is 0 Å². The summed E-state index contributed by atoms with van der Waals surface area (Å²) in [5.74, 6) is 3.49. The van der Waals surface area contributed by atoms with Crippen LogP contribution in [0.15, 0.2) is 24.4 Å². The number of aromatic nitrogens is 2. The first kappa shape index (κ1) is 10.7. The zero-order valence-electron chi connectivity index (χ0n) is 10.3. The van der Waals surface area contributed by atoms with Gasteiger partial charge in [0.25, 0.3) is 0 Å². The highest BCUT2D eigenvalue weighted by Crippen LogP contribution is 2.40. The van der Waals surface area contributed by atoms with Crippen LogP contribution < -0.4 is 4.90 Å².